The lowest BCUT2D eigenvalue weighted by Crippen LogP contribution is -2.47. The summed E-state index contributed by atoms with van der Waals surface area (Å²) in [6.07, 6.45) is 9.45. The fourth-order valence-electron chi connectivity index (χ4n) is 4.53. The van der Waals surface area contributed by atoms with E-state index in [-0.39, 0.29) is 12.2 Å². The molecular formula is C21H27N5O. The molecule has 1 aliphatic carbocycles. The van der Waals surface area contributed by atoms with Crippen LogP contribution in [0.15, 0.2) is 41.3 Å². The molecule has 0 bridgehead atoms. The second-order valence-electron chi connectivity index (χ2n) is 8.46. The largest absolute Gasteiger partial charge is 0.386 e. The van der Waals surface area contributed by atoms with Crippen molar-refractivity contribution in [1.82, 2.24) is 10.3 Å². The van der Waals surface area contributed by atoms with E-state index in [0.717, 1.165) is 55.1 Å². The van der Waals surface area contributed by atoms with Crippen molar-refractivity contribution in [2.24, 2.45) is 5.73 Å². The molecule has 0 radical (unpaired) electrons. The van der Waals surface area contributed by atoms with Crippen molar-refractivity contribution in [3.05, 3.63) is 46.8 Å². The van der Waals surface area contributed by atoms with E-state index >= 15 is 0 Å². The molecule has 0 saturated carbocycles. The van der Waals surface area contributed by atoms with Crippen LogP contribution < -0.4 is 20.9 Å². The Labute approximate surface area is 160 Å². The van der Waals surface area contributed by atoms with Gasteiger partial charge in [-0.3, -0.25) is 4.90 Å². The van der Waals surface area contributed by atoms with E-state index in [1.54, 1.807) is 0 Å². The van der Waals surface area contributed by atoms with Crippen molar-refractivity contribution in [2.45, 2.75) is 50.9 Å². The molecule has 4 N–H and O–H groups in total. The number of allylic oxidation sites excluding steroid dienone is 3. The molecular weight excluding hydrogens is 338 g/mol. The topological polar surface area (TPSA) is 77.6 Å². The third kappa shape index (κ3) is 2.66. The number of aliphatic hydroxyl groups is 1. The van der Waals surface area contributed by atoms with Crippen LogP contribution in [0.4, 0.5) is 11.6 Å². The minimum atomic E-state index is -0.910. The summed E-state index contributed by atoms with van der Waals surface area (Å²) in [4.78, 5) is 9.57. The Morgan fingerprint density at radius 2 is 2.19 bits per heavy atom. The maximum atomic E-state index is 10.8. The minimum absolute atomic E-state index is 0.0890. The van der Waals surface area contributed by atoms with Gasteiger partial charge in [-0.15, -0.1) is 0 Å². The van der Waals surface area contributed by atoms with Gasteiger partial charge < -0.3 is 21.1 Å². The van der Waals surface area contributed by atoms with E-state index in [2.05, 4.69) is 45.5 Å². The van der Waals surface area contributed by atoms with E-state index in [4.69, 9.17) is 10.7 Å². The Morgan fingerprint density at radius 3 is 2.93 bits per heavy atom. The van der Waals surface area contributed by atoms with Crippen molar-refractivity contribution < 1.29 is 5.11 Å². The maximum Gasteiger partial charge on any atom is 0.144 e. The fourth-order valence-corrected chi connectivity index (χ4v) is 4.53. The van der Waals surface area contributed by atoms with Crippen LogP contribution >= 0.6 is 0 Å². The number of pyridine rings is 1. The molecule has 0 aromatic carbocycles. The first-order valence-electron chi connectivity index (χ1n) is 9.83. The molecule has 1 fully saturated rings. The highest BCUT2D eigenvalue weighted by molar-refractivity contribution is 5.78. The molecule has 1 aromatic heterocycles. The molecule has 1 saturated heterocycles. The molecule has 5 rings (SSSR count). The number of hydrogen-bond acceptors (Lipinski definition) is 6. The molecule has 4 aliphatic rings. The van der Waals surface area contributed by atoms with Gasteiger partial charge in [0.1, 0.15) is 17.8 Å². The summed E-state index contributed by atoms with van der Waals surface area (Å²) in [6.45, 7) is 5.51. The van der Waals surface area contributed by atoms with Crippen molar-refractivity contribution >= 4 is 17.7 Å². The number of nitrogens with zero attached hydrogens (tertiary/aromatic N) is 3. The van der Waals surface area contributed by atoms with Crippen molar-refractivity contribution in [2.75, 3.05) is 22.9 Å². The number of aromatic nitrogens is 1. The second kappa shape index (κ2) is 5.84. The van der Waals surface area contributed by atoms with E-state index in [1.807, 2.05) is 13.8 Å². The van der Waals surface area contributed by atoms with Crippen molar-refractivity contribution in [3.63, 3.8) is 0 Å². The van der Waals surface area contributed by atoms with Crippen LogP contribution in [0.5, 0.6) is 0 Å². The Balaban J connectivity index is 1.63. The van der Waals surface area contributed by atoms with Gasteiger partial charge >= 0.3 is 0 Å². The second-order valence-corrected chi connectivity index (χ2v) is 8.46. The molecule has 4 heterocycles. The van der Waals surface area contributed by atoms with E-state index in [0.29, 0.717) is 0 Å². The van der Waals surface area contributed by atoms with Gasteiger partial charge in [0.15, 0.2) is 0 Å². The molecule has 6 nitrogen and oxygen atoms in total. The van der Waals surface area contributed by atoms with Crippen LogP contribution in [0.3, 0.4) is 0 Å². The standard InChI is InChI=1S/C21H27N5O/c1-21(2,27)15-11-13-7-8-18(25-10-9-14(22)12-25)24-19(13)26-17-6-4-3-5-16(17)23-20(15)26/h4,6-8,11,14,20,23,27H,3,5,9-10,12,22H2,1-2H3/t14?,20-/m0/s1. The molecule has 3 aliphatic heterocycles. The number of anilines is 2. The first-order chi connectivity index (χ1) is 12.9. The monoisotopic (exact) mass is 365 g/mol. The molecule has 1 unspecified atom stereocenters. The average Bonchev–Trinajstić information content (AvgIpc) is 3.23. The zero-order valence-corrected chi connectivity index (χ0v) is 15.9. The lowest BCUT2D eigenvalue weighted by Gasteiger charge is -2.38. The smallest absolute Gasteiger partial charge is 0.144 e. The summed E-state index contributed by atoms with van der Waals surface area (Å²) < 4.78 is 0. The lowest BCUT2D eigenvalue weighted by molar-refractivity contribution is 0.113. The molecule has 142 valence electrons. The van der Waals surface area contributed by atoms with Crippen LogP contribution in [-0.2, 0) is 0 Å². The van der Waals surface area contributed by atoms with Gasteiger partial charge in [-0.2, -0.15) is 0 Å². The SMILES string of the molecule is CC(C)(O)C1=Cc2ccc(N3CCC(N)C3)nc2N2C3=C(CCC=C3)N[C@H]12. The Kier molecular flexibility index (Phi) is 3.64. The zero-order chi connectivity index (χ0) is 18.8. The van der Waals surface area contributed by atoms with Crippen molar-refractivity contribution in [1.29, 1.82) is 0 Å². The Morgan fingerprint density at radius 1 is 1.33 bits per heavy atom. The fraction of sp³-hybridized carbons (Fsp3) is 0.476. The highest BCUT2D eigenvalue weighted by Crippen LogP contribution is 2.43. The Bertz CT molecular complexity index is 879. The Hall–Kier alpha value is -2.31. The summed E-state index contributed by atoms with van der Waals surface area (Å²) in [7, 11) is 0. The van der Waals surface area contributed by atoms with Crippen LogP contribution in [0.2, 0.25) is 0 Å². The third-order valence-corrected chi connectivity index (χ3v) is 5.95. The third-order valence-electron chi connectivity index (χ3n) is 5.95. The molecule has 0 amide bonds. The number of nitrogens with two attached hydrogens (primary N) is 1. The van der Waals surface area contributed by atoms with Gasteiger partial charge in [0.2, 0.25) is 0 Å². The number of hydrogen-bond donors (Lipinski definition) is 3. The molecule has 0 spiro atoms. The highest BCUT2D eigenvalue weighted by Gasteiger charge is 2.42. The summed E-state index contributed by atoms with van der Waals surface area (Å²) in [5, 5.41) is 14.4. The van der Waals surface area contributed by atoms with Gasteiger partial charge in [-0.05, 0) is 57.4 Å². The predicted molar refractivity (Wildman–Crippen MR) is 108 cm³/mol. The van der Waals surface area contributed by atoms with Gasteiger partial charge in [0.05, 0.1) is 11.3 Å². The van der Waals surface area contributed by atoms with Gasteiger partial charge in [-0.25, -0.2) is 4.98 Å². The zero-order valence-electron chi connectivity index (χ0n) is 15.9. The average molecular weight is 365 g/mol. The predicted octanol–water partition coefficient (Wildman–Crippen LogP) is 2.08. The van der Waals surface area contributed by atoms with Gasteiger partial charge in [0.25, 0.3) is 0 Å². The molecule has 27 heavy (non-hydrogen) atoms. The highest BCUT2D eigenvalue weighted by atomic mass is 16.3. The van der Waals surface area contributed by atoms with Crippen LogP contribution in [0, 0.1) is 0 Å². The summed E-state index contributed by atoms with van der Waals surface area (Å²) in [6, 6.07) is 4.42. The normalized spacial score (nSPS) is 26.6. The van der Waals surface area contributed by atoms with Crippen molar-refractivity contribution in [3.8, 4) is 0 Å². The molecule has 2 atom stereocenters. The molecule has 6 heteroatoms. The lowest BCUT2D eigenvalue weighted by atomic mass is 9.90. The van der Waals surface area contributed by atoms with Gasteiger partial charge in [0, 0.05) is 36.0 Å². The van der Waals surface area contributed by atoms with Crippen LogP contribution in [0.25, 0.3) is 6.08 Å². The van der Waals surface area contributed by atoms with Gasteiger partial charge in [-0.1, -0.05) is 6.08 Å². The number of fused-ring (bicyclic) bond motifs is 4. The first kappa shape index (κ1) is 16.8. The maximum absolute atomic E-state index is 10.8. The van der Waals surface area contributed by atoms with Crippen LogP contribution in [-0.4, -0.2) is 41.0 Å². The van der Waals surface area contributed by atoms with Crippen LogP contribution in [0.1, 0.15) is 38.7 Å². The number of nitrogens with one attached hydrogen (secondary N) is 1. The minimum Gasteiger partial charge on any atom is -0.386 e. The first-order valence-corrected chi connectivity index (χ1v) is 9.83. The quantitative estimate of drug-likeness (QED) is 0.745. The number of rotatable bonds is 2. The molecule has 1 aromatic rings. The summed E-state index contributed by atoms with van der Waals surface area (Å²) in [5.74, 6) is 1.93. The van der Waals surface area contributed by atoms with E-state index < -0.39 is 5.60 Å². The van der Waals surface area contributed by atoms with E-state index in [1.165, 1.54) is 11.4 Å². The van der Waals surface area contributed by atoms with E-state index in [9.17, 15) is 5.11 Å². The summed E-state index contributed by atoms with van der Waals surface area (Å²) >= 11 is 0. The summed E-state index contributed by atoms with van der Waals surface area (Å²) in [5.41, 5.74) is 9.61.